The second-order valence-electron chi connectivity index (χ2n) is 7.04. The molecule has 1 amide bonds. The quantitative estimate of drug-likeness (QED) is 0.805. The van der Waals surface area contributed by atoms with Crippen LogP contribution in [-0.4, -0.2) is 74.2 Å². The lowest BCUT2D eigenvalue weighted by Gasteiger charge is -2.34. The minimum absolute atomic E-state index is 0.170. The predicted octanol–water partition coefficient (Wildman–Crippen LogP) is 1.23. The molecule has 138 valence electrons. The number of likely N-dealkylation sites (tertiary alicyclic amines) is 1. The molecule has 0 radical (unpaired) electrons. The summed E-state index contributed by atoms with van der Waals surface area (Å²) >= 11 is 0. The van der Waals surface area contributed by atoms with Crippen LogP contribution in [-0.2, 0) is 14.8 Å². The van der Waals surface area contributed by atoms with Gasteiger partial charge >= 0.3 is 0 Å². The zero-order valence-electron chi connectivity index (χ0n) is 15.1. The molecule has 2 aliphatic rings. The summed E-state index contributed by atoms with van der Waals surface area (Å²) in [5.74, 6) is 0.170. The molecule has 0 spiro atoms. The molecule has 0 atom stereocenters. The number of carbonyl (C=O) groups is 1. The first-order valence-corrected chi connectivity index (χ1v) is 10.4. The Morgan fingerprint density at radius 3 is 2.24 bits per heavy atom. The van der Waals surface area contributed by atoms with E-state index in [1.165, 1.54) is 0 Å². The Hall–Kier alpha value is -1.44. The van der Waals surface area contributed by atoms with E-state index in [2.05, 4.69) is 4.90 Å². The van der Waals surface area contributed by atoms with Crippen LogP contribution in [0.5, 0.6) is 0 Å². The average Bonchev–Trinajstić information content (AvgIpc) is 3.09. The number of benzene rings is 1. The third-order valence-electron chi connectivity index (χ3n) is 5.10. The largest absolute Gasteiger partial charge is 0.342 e. The number of hydrogen-bond donors (Lipinski definition) is 0. The summed E-state index contributed by atoms with van der Waals surface area (Å²) in [6, 6.07) is 5.44. The normalized spacial score (nSPS) is 20.2. The summed E-state index contributed by atoms with van der Waals surface area (Å²) in [5.41, 5.74) is 1.84. The zero-order valence-corrected chi connectivity index (χ0v) is 15.9. The van der Waals surface area contributed by atoms with E-state index in [-0.39, 0.29) is 5.91 Å². The molecule has 6 nitrogen and oxygen atoms in total. The number of aryl methyl sites for hydroxylation is 2. The van der Waals surface area contributed by atoms with Crippen molar-refractivity contribution in [2.75, 3.05) is 45.8 Å². The van der Waals surface area contributed by atoms with Gasteiger partial charge in [-0.1, -0.05) is 17.7 Å². The van der Waals surface area contributed by atoms with Gasteiger partial charge < -0.3 is 4.90 Å². The molecule has 2 saturated heterocycles. The van der Waals surface area contributed by atoms with E-state index in [0.29, 0.717) is 37.6 Å². The highest BCUT2D eigenvalue weighted by Crippen LogP contribution is 2.22. The van der Waals surface area contributed by atoms with Crippen LogP contribution >= 0.6 is 0 Å². The van der Waals surface area contributed by atoms with Crippen molar-refractivity contribution in [3.05, 3.63) is 29.3 Å². The lowest BCUT2D eigenvalue weighted by molar-refractivity contribution is -0.131. The average molecular weight is 365 g/mol. The number of nitrogens with zero attached hydrogens (tertiary/aromatic N) is 3. The highest BCUT2D eigenvalue weighted by atomic mass is 32.2. The molecule has 1 aromatic carbocycles. The van der Waals surface area contributed by atoms with Gasteiger partial charge in [0.2, 0.25) is 15.9 Å². The van der Waals surface area contributed by atoms with Gasteiger partial charge in [0, 0.05) is 39.3 Å². The maximum atomic E-state index is 12.9. The second-order valence-corrected chi connectivity index (χ2v) is 8.94. The zero-order chi connectivity index (χ0) is 18.0. The number of piperazine rings is 1. The van der Waals surface area contributed by atoms with E-state index in [1.54, 1.807) is 10.4 Å². The smallest absolute Gasteiger partial charge is 0.243 e. The Morgan fingerprint density at radius 2 is 1.64 bits per heavy atom. The summed E-state index contributed by atoms with van der Waals surface area (Å²) in [4.78, 5) is 16.6. The molecule has 3 rings (SSSR count). The van der Waals surface area contributed by atoms with Gasteiger partial charge in [-0.2, -0.15) is 4.31 Å². The van der Waals surface area contributed by atoms with Crippen LogP contribution in [0.1, 0.15) is 24.0 Å². The lowest BCUT2D eigenvalue weighted by Crippen LogP contribution is -2.51. The molecule has 2 heterocycles. The van der Waals surface area contributed by atoms with Crippen molar-refractivity contribution in [3.63, 3.8) is 0 Å². The maximum Gasteiger partial charge on any atom is 0.243 e. The molecule has 2 aliphatic heterocycles. The monoisotopic (exact) mass is 365 g/mol. The Morgan fingerprint density at radius 1 is 1.00 bits per heavy atom. The summed E-state index contributed by atoms with van der Waals surface area (Å²) in [5, 5.41) is 0. The van der Waals surface area contributed by atoms with Crippen molar-refractivity contribution in [3.8, 4) is 0 Å². The summed E-state index contributed by atoms with van der Waals surface area (Å²) in [6.07, 6.45) is 2.18. The van der Waals surface area contributed by atoms with Crippen molar-refractivity contribution in [1.82, 2.24) is 14.1 Å². The third kappa shape index (κ3) is 4.04. The second kappa shape index (κ2) is 7.43. The first kappa shape index (κ1) is 18.4. The van der Waals surface area contributed by atoms with E-state index >= 15 is 0 Å². The van der Waals surface area contributed by atoms with Crippen LogP contribution in [0.4, 0.5) is 0 Å². The highest BCUT2D eigenvalue weighted by Gasteiger charge is 2.30. The standard InChI is InChI=1S/C18H27N3O3S/c1-15-5-6-17(16(2)13-15)25(23,24)21-11-9-19(10-12-21)14-18(22)20-7-3-4-8-20/h5-6,13H,3-4,7-12,14H2,1-2H3. The number of sulfonamides is 1. The van der Waals surface area contributed by atoms with Crippen LogP contribution in [0.2, 0.25) is 0 Å². The van der Waals surface area contributed by atoms with Crippen molar-refractivity contribution in [2.24, 2.45) is 0 Å². The fraction of sp³-hybridized carbons (Fsp3) is 0.611. The number of hydrogen-bond acceptors (Lipinski definition) is 4. The predicted molar refractivity (Wildman–Crippen MR) is 96.9 cm³/mol. The molecule has 0 aromatic heterocycles. The first-order valence-electron chi connectivity index (χ1n) is 8.95. The Balaban J connectivity index is 1.60. The molecule has 0 bridgehead atoms. The van der Waals surface area contributed by atoms with Gasteiger partial charge in [-0.05, 0) is 38.3 Å². The van der Waals surface area contributed by atoms with Gasteiger partial charge in [0.15, 0.2) is 0 Å². The van der Waals surface area contributed by atoms with Crippen LogP contribution in [0.15, 0.2) is 23.1 Å². The van der Waals surface area contributed by atoms with E-state index < -0.39 is 10.0 Å². The van der Waals surface area contributed by atoms with Gasteiger partial charge in [0.05, 0.1) is 11.4 Å². The topological polar surface area (TPSA) is 60.9 Å². The molecule has 25 heavy (non-hydrogen) atoms. The van der Waals surface area contributed by atoms with Crippen LogP contribution in [0.25, 0.3) is 0 Å². The number of carbonyl (C=O) groups excluding carboxylic acids is 1. The van der Waals surface area contributed by atoms with Crippen molar-refractivity contribution in [1.29, 1.82) is 0 Å². The minimum atomic E-state index is -3.47. The Kier molecular flexibility index (Phi) is 5.46. The molecule has 0 saturated carbocycles. The Labute approximate surface area is 150 Å². The van der Waals surface area contributed by atoms with Gasteiger partial charge in [-0.25, -0.2) is 8.42 Å². The minimum Gasteiger partial charge on any atom is -0.342 e. The lowest BCUT2D eigenvalue weighted by atomic mass is 10.2. The van der Waals surface area contributed by atoms with E-state index in [4.69, 9.17) is 0 Å². The van der Waals surface area contributed by atoms with Gasteiger partial charge in [0.1, 0.15) is 0 Å². The number of rotatable bonds is 4. The summed E-state index contributed by atoms with van der Waals surface area (Å²) in [6.45, 7) is 7.99. The number of amides is 1. The molecular formula is C18H27N3O3S. The van der Waals surface area contributed by atoms with Gasteiger partial charge in [-0.15, -0.1) is 0 Å². The molecule has 7 heteroatoms. The van der Waals surface area contributed by atoms with Gasteiger partial charge in [0.25, 0.3) is 0 Å². The Bertz CT molecular complexity index is 734. The third-order valence-corrected chi connectivity index (χ3v) is 7.16. The molecular weight excluding hydrogens is 338 g/mol. The van der Waals surface area contributed by atoms with Crippen molar-refractivity contribution in [2.45, 2.75) is 31.6 Å². The fourth-order valence-corrected chi connectivity index (χ4v) is 5.24. The highest BCUT2D eigenvalue weighted by molar-refractivity contribution is 7.89. The summed E-state index contributed by atoms with van der Waals surface area (Å²) < 4.78 is 27.3. The molecule has 2 fully saturated rings. The van der Waals surface area contributed by atoms with Crippen LogP contribution in [0, 0.1) is 13.8 Å². The fourth-order valence-electron chi connectivity index (χ4n) is 3.61. The maximum absolute atomic E-state index is 12.9. The van der Waals surface area contributed by atoms with Crippen LogP contribution in [0.3, 0.4) is 0 Å². The molecule has 1 aromatic rings. The SMILES string of the molecule is Cc1ccc(S(=O)(=O)N2CCN(CC(=O)N3CCCC3)CC2)c(C)c1. The van der Waals surface area contributed by atoms with E-state index in [9.17, 15) is 13.2 Å². The molecule has 0 aliphatic carbocycles. The van der Waals surface area contributed by atoms with E-state index in [1.807, 2.05) is 30.9 Å². The van der Waals surface area contributed by atoms with E-state index in [0.717, 1.165) is 37.1 Å². The van der Waals surface area contributed by atoms with Crippen molar-refractivity contribution >= 4 is 15.9 Å². The summed E-state index contributed by atoms with van der Waals surface area (Å²) in [7, 11) is -3.47. The first-order chi connectivity index (χ1) is 11.9. The molecule has 0 unspecified atom stereocenters. The van der Waals surface area contributed by atoms with Crippen LogP contribution < -0.4 is 0 Å². The van der Waals surface area contributed by atoms with Gasteiger partial charge in [-0.3, -0.25) is 9.69 Å². The van der Waals surface area contributed by atoms with Crippen molar-refractivity contribution < 1.29 is 13.2 Å². The molecule has 0 N–H and O–H groups in total.